The Balaban J connectivity index is 1.68. The highest BCUT2D eigenvalue weighted by atomic mass is 16.5. The van der Waals surface area contributed by atoms with Crippen molar-refractivity contribution in [2.75, 3.05) is 7.11 Å². The van der Waals surface area contributed by atoms with E-state index < -0.39 is 0 Å². The molecule has 0 saturated carbocycles. The molecule has 1 heterocycles. The summed E-state index contributed by atoms with van der Waals surface area (Å²) in [6.07, 6.45) is 2.61. The van der Waals surface area contributed by atoms with Gasteiger partial charge < -0.3 is 19.2 Å². The molecule has 3 rings (SSSR count). The van der Waals surface area contributed by atoms with E-state index in [1.165, 1.54) is 0 Å². The number of benzene rings is 2. The Morgan fingerprint density at radius 2 is 1.81 bits per heavy atom. The van der Waals surface area contributed by atoms with Crippen molar-refractivity contribution in [2.24, 2.45) is 0 Å². The van der Waals surface area contributed by atoms with Crippen molar-refractivity contribution < 1.29 is 19.1 Å². The maximum Gasteiger partial charge on any atom is 0.223 e. The lowest BCUT2D eigenvalue weighted by Crippen LogP contribution is -2.30. The standard InChI is InChI=1S/C22H23NO4/c1-26-19-11-8-17(9-12-19)10-13-22(25)23(16-20-6-4-14-27-20)15-18-5-2-3-7-21(18)24/h2-9,11-12,14,24H,10,13,15-16H2,1H3. The molecule has 5 heteroatoms. The first-order valence-electron chi connectivity index (χ1n) is 8.85. The fourth-order valence-corrected chi connectivity index (χ4v) is 2.87. The van der Waals surface area contributed by atoms with Crippen LogP contribution in [0.15, 0.2) is 71.3 Å². The normalized spacial score (nSPS) is 10.6. The second-order valence-electron chi connectivity index (χ2n) is 6.31. The van der Waals surface area contributed by atoms with Crippen molar-refractivity contribution in [3.05, 3.63) is 83.8 Å². The van der Waals surface area contributed by atoms with Crippen molar-refractivity contribution in [1.29, 1.82) is 0 Å². The molecule has 0 saturated heterocycles. The molecule has 1 N–H and O–H groups in total. The number of ether oxygens (including phenoxy) is 1. The van der Waals surface area contributed by atoms with Crippen LogP contribution in [0.2, 0.25) is 0 Å². The molecule has 27 heavy (non-hydrogen) atoms. The minimum absolute atomic E-state index is 0.00507. The first-order chi connectivity index (χ1) is 13.2. The number of rotatable bonds is 8. The van der Waals surface area contributed by atoms with Gasteiger partial charge in [-0.3, -0.25) is 4.79 Å². The molecule has 0 aliphatic rings. The fourth-order valence-electron chi connectivity index (χ4n) is 2.87. The predicted molar refractivity (Wildman–Crippen MR) is 102 cm³/mol. The van der Waals surface area contributed by atoms with E-state index in [1.807, 2.05) is 42.5 Å². The van der Waals surface area contributed by atoms with Crippen LogP contribution in [0.25, 0.3) is 0 Å². The van der Waals surface area contributed by atoms with Crippen LogP contribution in [0.3, 0.4) is 0 Å². The second-order valence-corrected chi connectivity index (χ2v) is 6.31. The molecule has 0 unspecified atom stereocenters. The zero-order chi connectivity index (χ0) is 19.1. The number of phenolic OH excluding ortho intramolecular Hbond substituents is 1. The molecule has 0 fully saturated rings. The van der Waals surface area contributed by atoms with E-state index in [-0.39, 0.29) is 11.7 Å². The fraction of sp³-hybridized carbons (Fsp3) is 0.227. The Kier molecular flexibility index (Phi) is 6.15. The van der Waals surface area contributed by atoms with Gasteiger partial charge in [0, 0.05) is 18.5 Å². The van der Waals surface area contributed by atoms with E-state index in [0.717, 1.165) is 11.3 Å². The molecular formula is C22H23NO4. The van der Waals surface area contributed by atoms with Gasteiger partial charge in [0.05, 0.1) is 19.9 Å². The van der Waals surface area contributed by atoms with E-state index >= 15 is 0 Å². The number of aryl methyl sites for hydroxylation is 1. The summed E-state index contributed by atoms with van der Waals surface area (Å²) in [4.78, 5) is 14.6. The van der Waals surface area contributed by atoms with E-state index in [1.54, 1.807) is 36.5 Å². The van der Waals surface area contributed by atoms with Gasteiger partial charge in [0.25, 0.3) is 0 Å². The van der Waals surface area contributed by atoms with Crippen LogP contribution < -0.4 is 4.74 Å². The average molecular weight is 365 g/mol. The molecule has 0 aliphatic heterocycles. The van der Waals surface area contributed by atoms with Gasteiger partial charge in [-0.1, -0.05) is 30.3 Å². The number of carbonyl (C=O) groups is 1. The van der Waals surface area contributed by atoms with Crippen molar-refractivity contribution in [2.45, 2.75) is 25.9 Å². The summed E-state index contributed by atoms with van der Waals surface area (Å²) in [6.45, 7) is 0.692. The summed E-state index contributed by atoms with van der Waals surface area (Å²) >= 11 is 0. The summed E-state index contributed by atoms with van der Waals surface area (Å²) in [5.41, 5.74) is 1.78. The van der Waals surface area contributed by atoms with Crippen LogP contribution in [-0.4, -0.2) is 23.0 Å². The minimum Gasteiger partial charge on any atom is -0.508 e. The van der Waals surface area contributed by atoms with Gasteiger partial charge in [-0.05, 0) is 42.3 Å². The molecule has 0 atom stereocenters. The van der Waals surface area contributed by atoms with E-state index in [9.17, 15) is 9.90 Å². The number of nitrogens with zero attached hydrogens (tertiary/aromatic N) is 1. The first kappa shape index (κ1) is 18.6. The average Bonchev–Trinajstić information content (AvgIpc) is 3.21. The smallest absolute Gasteiger partial charge is 0.223 e. The Hall–Kier alpha value is -3.21. The van der Waals surface area contributed by atoms with Crippen LogP contribution in [-0.2, 0) is 24.3 Å². The number of hydrogen-bond donors (Lipinski definition) is 1. The van der Waals surface area contributed by atoms with Gasteiger partial charge in [-0.15, -0.1) is 0 Å². The minimum atomic E-state index is 0.00507. The Morgan fingerprint density at radius 1 is 1.04 bits per heavy atom. The van der Waals surface area contributed by atoms with E-state index in [4.69, 9.17) is 9.15 Å². The number of hydrogen-bond acceptors (Lipinski definition) is 4. The second kappa shape index (κ2) is 8.94. The lowest BCUT2D eigenvalue weighted by molar-refractivity contribution is -0.132. The van der Waals surface area contributed by atoms with Gasteiger partial charge in [-0.25, -0.2) is 0 Å². The predicted octanol–water partition coefficient (Wildman–Crippen LogP) is 4.16. The Bertz CT molecular complexity index is 856. The van der Waals surface area contributed by atoms with Crippen LogP contribution in [0, 0.1) is 0 Å². The van der Waals surface area contributed by atoms with Crippen molar-refractivity contribution in [3.8, 4) is 11.5 Å². The van der Waals surface area contributed by atoms with Crippen molar-refractivity contribution >= 4 is 5.91 Å². The van der Waals surface area contributed by atoms with Gasteiger partial charge in [0.2, 0.25) is 5.91 Å². The summed E-state index contributed by atoms with van der Waals surface area (Å²) in [5.74, 6) is 1.70. The van der Waals surface area contributed by atoms with Gasteiger partial charge in [0.1, 0.15) is 17.3 Å². The zero-order valence-corrected chi connectivity index (χ0v) is 15.3. The van der Waals surface area contributed by atoms with E-state index in [0.29, 0.717) is 37.3 Å². The number of amides is 1. The van der Waals surface area contributed by atoms with Crippen LogP contribution in [0.5, 0.6) is 11.5 Å². The molecule has 0 radical (unpaired) electrons. The molecule has 0 aliphatic carbocycles. The number of para-hydroxylation sites is 1. The van der Waals surface area contributed by atoms with E-state index in [2.05, 4.69) is 0 Å². The van der Waals surface area contributed by atoms with Crippen molar-refractivity contribution in [1.82, 2.24) is 4.90 Å². The van der Waals surface area contributed by atoms with Gasteiger partial charge >= 0.3 is 0 Å². The maximum atomic E-state index is 12.9. The molecule has 3 aromatic rings. The largest absolute Gasteiger partial charge is 0.508 e. The highest BCUT2D eigenvalue weighted by Gasteiger charge is 2.17. The molecule has 1 amide bonds. The summed E-state index contributed by atoms with van der Waals surface area (Å²) in [6, 6.07) is 18.4. The van der Waals surface area contributed by atoms with Crippen molar-refractivity contribution in [3.63, 3.8) is 0 Å². The molecule has 2 aromatic carbocycles. The third-order valence-corrected chi connectivity index (χ3v) is 4.42. The lowest BCUT2D eigenvalue weighted by atomic mass is 10.1. The number of aromatic hydroxyl groups is 1. The Morgan fingerprint density at radius 3 is 2.48 bits per heavy atom. The number of methoxy groups -OCH3 is 1. The summed E-state index contributed by atoms with van der Waals surface area (Å²) < 4.78 is 10.6. The van der Waals surface area contributed by atoms with Crippen LogP contribution in [0.1, 0.15) is 23.3 Å². The summed E-state index contributed by atoms with van der Waals surface area (Å²) in [5, 5.41) is 10.1. The SMILES string of the molecule is COc1ccc(CCC(=O)N(Cc2ccco2)Cc2ccccc2O)cc1. The van der Waals surface area contributed by atoms with Gasteiger partial charge in [0.15, 0.2) is 0 Å². The lowest BCUT2D eigenvalue weighted by Gasteiger charge is -2.22. The highest BCUT2D eigenvalue weighted by Crippen LogP contribution is 2.20. The molecule has 0 bridgehead atoms. The number of phenols is 1. The number of carbonyl (C=O) groups excluding carboxylic acids is 1. The topological polar surface area (TPSA) is 62.9 Å². The summed E-state index contributed by atoms with van der Waals surface area (Å²) in [7, 11) is 1.63. The van der Waals surface area contributed by atoms with Crippen LogP contribution >= 0.6 is 0 Å². The zero-order valence-electron chi connectivity index (χ0n) is 15.3. The molecule has 5 nitrogen and oxygen atoms in total. The molecular weight excluding hydrogens is 342 g/mol. The maximum absolute atomic E-state index is 12.9. The molecule has 140 valence electrons. The third-order valence-electron chi connectivity index (χ3n) is 4.42. The third kappa shape index (κ3) is 5.14. The monoisotopic (exact) mass is 365 g/mol. The first-order valence-corrected chi connectivity index (χ1v) is 8.85. The highest BCUT2D eigenvalue weighted by molar-refractivity contribution is 5.76. The van der Waals surface area contributed by atoms with Gasteiger partial charge in [-0.2, -0.15) is 0 Å². The quantitative estimate of drug-likeness (QED) is 0.651. The molecule has 1 aromatic heterocycles. The Labute approximate surface area is 158 Å². The number of furan rings is 1. The van der Waals surface area contributed by atoms with Crippen LogP contribution in [0.4, 0.5) is 0 Å². The molecule has 0 spiro atoms.